The number of aliphatic hydroxyl groups excluding tert-OH is 1. The van der Waals surface area contributed by atoms with E-state index in [9.17, 15) is 19.8 Å². The van der Waals surface area contributed by atoms with E-state index in [1.54, 1.807) is 18.3 Å². The molecule has 1 aliphatic carbocycles. The second-order valence-electron chi connectivity index (χ2n) is 10.7. The normalized spacial score (nSPS) is 15.8. The van der Waals surface area contributed by atoms with Gasteiger partial charge in [0.15, 0.2) is 11.5 Å². The summed E-state index contributed by atoms with van der Waals surface area (Å²) in [5.74, 6) is 0.172. The van der Waals surface area contributed by atoms with Gasteiger partial charge >= 0.3 is 11.9 Å². The molecular formula is C31H44N2O7. The third-order valence-corrected chi connectivity index (χ3v) is 7.53. The molecule has 220 valence electrons. The minimum atomic E-state index is -0.501. The molecule has 0 amide bonds. The Morgan fingerprint density at radius 1 is 1.05 bits per heavy atom. The molecule has 0 radical (unpaired) electrons. The molecule has 1 heterocycles. The number of esters is 2. The van der Waals surface area contributed by atoms with E-state index in [0.29, 0.717) is 43.7 Å². The molecule has 3 rings (SSSR count). The number of phenolic OH excluding ortho intramolecular Hbond substituents is 1. The molecule has 9 heteroatoms. The highest BCUT2D eigenvalue weighted by atomic mass is 16.6. The summed E-state index contributed by atoms with van der Waals surface area (Å²) in [6.45, 7) is 4.82. The zero-order valence-electron chi connectivity index (χ0n) is 23.9. The number of phenols is 1. The summed E-state index contributed by atoms with van der Waals surface area (Å²) in [6.07, 6.45) is 8.30. The maximum Gasteiger partial charge on any atom is 0.302 e. The molecule has 4 N–H and O–H groups in total. The second-order valence-corrected chi connectivity index (χ2v) is 10.7. The van der Waals surface area contributed by atoms with Crippen molar-refractivity contribution in [2.45, 2.75) is 103 Å². The fourth-order valence-corrected chi connectivity index (χ4v) is 5.36. The number of nitrogens with two attached hydrogens (primary N) is 1. The van der Waals surface area contributed by atoms with Crippen LogP contribution in [-0.4, -0.2) is 52.1 Å². The van der Waals surface area contributed by atoms with Gasteiger partial charge in [-0.1, -0.05) is 13.3 Å². The van der Waals surface area contributed by atoms with Gasteiger partial charge in [0.05, 0.1) is 6.10 Å². The number of carbonyl (C=O) groups is 2. The average Bonchev–Trinajstić information content (AvgIpc) is 3.41. The van der Waals surface area contributed by atoms with E-state index in [1.165, 1.54) is 13.8 Å². The maximum absolute atomic E-state index is 12.0. The molecule has 0 spiro atoms. The van der Waals surface area contributed by atoms with Gasteiger partial charge in [0.1, 0.15) is 18.0 Å². The van der Waals surface area contributed by atoms with Crippen LogP contribution in [0.1, 0.15) is 84.1 Å². The quantitative estimate of drug-likeness (QED) is 0.248. The first-order valence-electron chi connectivity index (χ1n) is 14.4. The standard InChI is InChI=1S/C31H44N2O7/c1-4-22(19-34)9-11-26(38-20(2)35)17-27(39-21(3)36)12-10-23-15-30(40-25-7-5-6-8-25)29(37)18-28(23)24-13-14-33-31(32)16-24/h13-16,18,22,25-27,34,37H,4-12,17,19H2,1-3H3,(H2,32,33)/t22-,26-,27+/m0/s1. The summed E-state index contributed by atoms with van der Waals surface area (Å²) in [4.78, 5) is 27.9. The Kier molecular flexibility index (Phi) is 12.1. The number of nitrogen functional groups attached to an aromatic ring is 1. The summed E-state index contributed by atoms with van der Waals surface area (Å²) >= 11 is 0. The van der Waals surface area contributed by atoms with Crippen LogP contribution in [-0.2, 0) is 25.5 Å². The first kappa shape index (κ1) is 31.2. The predicted octanol–water partition coefficient (Wildman–Crippen LogP) is 5.34. The lowest BCUT2D eigenvalue weighted by Gasteiger charge is -2.25. The average molecular weight is 557 g/mol. The van der Waals surface area contributed by atoms with Crippen molar-refractivity contribution in [2.24, 2.45) is 5.92 Å². The van der Waals surface area contributed by atoms with Crippen molar-refractivity contribution in [3.05, 3.63) is 36.0 Å². The molecule has 3 atom stereocenters. The van der Waals surface area contributed by atoms with E-state index >= 15 is 0 Å². The predicted molar refractivity (Wildman–Crippen MR) is 153 cm³/mol. The number of benzene rings is 1. The molecule has 0 aliphatic heterocycles. The highest BCUT2D eigenvalue weighted by molar-refractivity contribution is 5.72. The number of rotatable bonds is 15. The highest BCUT2D eigenvalue weighted by Crippen LogP contribution is 2.38. The summed E-state index contributed by atoms with van der Waals surface area (Å²) in [5, 5.41) is 20.4. The van der Waals surface area contributed by atoms with Crippen LogP contribution in [0.5, 0.6) is 11.5 Å². The van der Waals surface area contributed by atoms with Gasteiger partial charge in [-0.3, -0.25) is 9.59 Å². The van der Waals surface area contributed by atoms with Crippen LogP contribution in [0.15, 0.2) is 30.5 Å². The minimum Gasteiger partial charge on any atom is -0.504 e. The number of aliphatic hydroxyl groups is 1. The molecule has 9 nitrogen and oxygen atoms in total. The molecule has 40 heavy (non-hydrogen) atoms. The van der Waals surface area contributed by atoms with Gasteiger partial charge < -0.3 is 30.2 Å². The van der Waals surface area contributed by atoms with E-state index in [-0.39, 0.29) is 24.4 Å². The molecule has 0 bridgehead atoms. The minimum absolute atomic E-state index is 0.0573. The SMILES string of the molecule is CC[C@H](CO)CC[C@@H](C[C@@H](CCc1cc(OC2CCCC2)c(O)cc1-c1ccnc(N)c1)OC(C)=O)OC(C)=O. The van der Waals surface area contributed by atoms with Crippen molar-refractivity contribution in [3.8, 4) is 22.6 Å². The van der Waals surface area contributed by atoms with Crippen molar-refractivity contribution in [1.82, 2.24) is 4.98 Å². The van der Waals surface area contributed by atoms with E-state index in [0.717, 1.165) is 48.8 Å². The van der Waals surface area contributed by atoms with Gasteiger partial charge in [-0.25, -0.2) is 4.98 Å². The Hall–Kier alpha value is -3.33. The Balaban J connectivity index is 1.85. The largest absolute Gasteiger partial charge is 0.504 e. The zero-order chi connectivity index (χ0) is 29.1. The number of aromatic hydroxyl groups is 1. The number of nitrogens with zero attached hydrogens (tertiary/aromatic N) is 1. The van der Waals surface area contributed by atoms with E-state index in [4.69, 9.17) is 19.9 Å². The van der Waals surface area contributed by atoms with Gasteiger partial charge in [0.2, 0.25) is 0 Å². The number of aromatic nitrogens is 1. The first-order valence-corrected chi connectivity index (χ1v) is 14.4. The molecule has 2 aromatic rings. The Morgan fingerprint density at radius 2 is 1.73 bits per heavy atom. The van der Waals surface area contributed by atoms with Crippen molar-refractivity contribution in [3.63, 3.8) is 0 Å². The summed E-state index contributed by atoms with van der Waals surface area (Å²) in [7, 11) is 0. The van der Waals surface area contributed by atoms with Crippen molar-refractivity contribution < 1.29 is 34.0 Å². The molecular weight excluding hydrogens is 512 g/mol. The molecule has 1 aliphatic rings. The Morgan fingerprint density at radius 3 is 2.33 bits per heavy atom. The number of hydrogen-bond acceptors (Lipinski definition) is 9. The van der Waals surface area contributed by atoms with Crippen molar-refractivity contribution in [2.75, 3.05) is 12.3 Å². The number of anilines is 1. The lowest BCUT2D eigenvalue weighted by Crippen LogP contribution is -2.27. The van der Waals surface area contributed by atoms with Crippen LogP contribution in [0.3, 0.4) is 0 Å². The van der Waals surface area contributed by atoms with Crippen LogP contribution in [0.2, 0.25) is 0 Å². The number of aryl methyl sites for hydroxylation is 1. The van der Waals surface area contributed by atoms with Crippen LogP contribution in [0.25, 0.3) is 11.1 Å². The van der Waals surface area contributed by atoms with Gasteiger partial charge in [-0.2, -0.15) is 0 Å². The third kappa shape index (κ3) is 9.70. The fraction of sp³-hybridized carbons (Fsp3) is 0.581. The topological polar surface area (TPSA) is 141 Å². The molecule has 0 saturated heterocycles. The lowest BCUT2D eigenvalue weighted by atomic mass is 9.92. The summed E-state index contributed by atoms with van der Waals surface area (Å²) in [5.41, 5.74) is 8.45. The molecule has 1 aromatic carbocycles. The van der Waals surface area contributed by atoms with Gasteiger partial charge in [-0.05, 0) is 98.2 Å². The smallest absolute Gasteiger partial charge is 0.302 e. The Bertz CT molecular complexity index is 1110. The van der Waals surface area contributed by atoms with Gasteiger partial charge in [-0.15, -0.1) is 0 Å². The maximum atomic E-state index is 12.0. The fourth-order valence-electron chi connectivity index (χ4n) is 5.36. The van der Waals surface area contributed by atoms with Gasteiger partial charge in [0, 0.05) is 33.1 Å². The first-order chi connectivity index (χ1) is 19.2. The van der Waals surface area contributed by atoms with Crippen LogP contribution >= 0.6 is 0 Å². The molecule has 1 saturated carbocycles. The van der Waals surface area contributed by atoms with E-state index < -0.39 is 24.1 Å². The van der Waals surface area contributed by atoms with Crippen LogP contribution < -0.4 is 10.5 Å². The van der Waals surface area contributed by atoms with Crippen molar-refractivity contribution in [1.29, 1.82) is 0 Å². The monoisotopic (exact) mass is 556 g/mol. The lowest BCUT2D eigenvalue weighted by molar-refractivity contribution is -0.153. The van der Waals surface area contributed by atoms with E-state index in [2.05, 4.69) is 4.98 Å². The Labute approximate surface area is 237 Å². The van der Waals surface area contributed by atoms with Crippen molar-refractivity contribution >= 4 is 17.8 Å². The highest BCUT2D eigenvalue weighted by Gasteiger charge is 2.24. The number of ether oxygens (including phenoxy) is 3. The van der Waals surface area contributed by atoms with E-state index in [1.807, 2.05) is 19.1 Å². The summed E-state index contributed by atoms with van der Waals surface area (Å²) < 4.78 is 17.4. The summed E-state index contributed by atoms with van der Waals surface area (Å²) in [6, 6.07) is 7.14. The number of carbonyl (C=O) groups excluding carboxylic acids is 2. The van der Waals surface area contributed by atoms with Crippen LogP contribution in [0, 0.1) is 5.92 Å². The van der Waals surface area contributed by atoms with Crippen LogP contribution in [0.4, 0.5) is 5.82 Å². The number of pyridine rings is 1. The van der Waals surface area contributed by atoms with Gasteiger partial charge in [0.25, 0.3) is 0 Å². The second kappa shape index (κ2) is 15.5. The third-order valence-electron chi connectivity index (χ3n) is 7.53. The molecule has 0 unspecified atom stereocenters. The zero-order valence-corrected chi connectivity index (χ0v) is 23.9. The molecule has 1 fully saturated rings. The number of hydrogen-bond donors (Lipinski definition) is 3. The molecule has 1 aromatic heterocycles.